The lowest BCUT2D eigenvalue weighted by atomic mass is 10.00. The molecule has 2 rings (SSSR count). The summed E-state index contributed by atoms with van der Waals surface area (Å²) in [5.74, 6) is 1.77. The molecule has 0 aromatic heterocycles. The number of rotatable bonds is 5. The summed E-state index contributed by atoms with van der Waals surface area (Å²) >= 11 is 0. The number of amides is 1. The predicted molar refractivity (Wildman–Crippen MR) is 110 cm³/mol. The Morgan fingerprint density at radius 1 is 1.21 bits per heavy atom. The van der Waals surface area contributed by atoms with Crippen molar-refractivity contribution in [2.24, 2.45) is 10.9 Å². The molecule has 5 nitrogen and oxygen atoms in total. The number of carbonyl (C=O) groups is 1. The normalized spacial score (nSPS) is 15.6. The van der Waals surface area contributed by atoms with Gasteiger partial charge in [-0.1, -0.05) is 37.3 Å². The number of nitrogens with zero attached hydrogens (tertiary/aromatic N) is 2. The third-order valence-electron chi connectivity index (χ3n) is 4.26. The van der Waals surface area contributed by atoms with Gasteiger partial charge in [-0.05, 0) is 24.3 Å². The first-order valence-electron chi connectivity index (χ1n) is 8.45. The maximum Gasteiger partial charge on any atom is 0.222 e. The Hall–Kier alpha value is -1.31. The van der Waals surface area contributed by atoms with Crippen molar-refractivity contribution in [3.8, 4) is 0 Å². The van der Waals surface area contributed by atoms with E-state index in [1.54, 1.807) is 7.05 Å². The second-order valence-electron chi connectivity index (χ2n) is 6.16. The van der Waals surface area contributed by atoms with Gasteiger partial charge in [0.05, 0.1) is 0 Å². The molecule has 1 amide bonds. The fraction of sp³-hybridized carbons (Fsp3) is 0.556. The fourth-order valence-electron chi connectivity index (χ4n) is 2.73. The highest BCUT2D eigenvalue weighted by Gasteiger charge is 2.18. The molecule has 0 unspecified atom stereocenters. The molecule has 0 spiro atoms. The Labute approximate surface area is 162 Å². The van der Waals surface area contributed by atoms with Gasteiger partial charge in [0.15, 0.2) is 5.96 Å². The number of guanidine groups is 1. The summed E-state index contributed by atoms with van der Waals surface area (Å²) in [6.45, 7) is 5.57. The lowest BCUT2D eigenvalue weighted by Gasteiger charge is -2.32. The van der Waals surface area contributed by atoms with E-state index in [-0.39, 0.29) is 29.9 Å². The second kappa shape index (κ2) is 11.3. The number of likely N-dealkylation sites (tertiary alicyclic amines) is 1. The summed E-state index contributed by atoms with van der Waals surface area (Å²) < 4.78 is 0. The third-order valence-corrected chi connectivity index (χ3v) is 4.26. The lowest BCUT2D eigenvalue weighted by Crippen LogP contribution is -2.46. The standard InChI is InChI=1S/C18H28N4O.HI/c1-15-9-12-22(13-10-15)18(19-2)20-11-8-17(23)21-14-16-6-4-3-5-7-16;/h3-7,15H,8-14H2,1-2H3,(H,19,20)(H,21,23);1H. The highest BCUT2D eigenvalue weighted by atomic mass is 127. The van der Waals surface area contributed by atoms with E-state index in [9.17, 15) is 4.79 Å². The van der Waals surface area contributed by atoms with Gasteiger partial charge in [-0.25, -0.2) is 0 Å². The zero-order chi connectivity index (χ0) is 16.5. The molecular formula is C18H29IN4O. The van der Waals surface area contributed by atoms with Crippen LogP contribution in [0.1, 0.15) is 31.7 Å². The van der Waals surface area contributed by atoms with Crippen LogP contribution in [0.25, 0.3) is 0 Å². The van der Waals surface area contributed by atoms with E-state index in [4.69, 9.17) is 0 Å². The topological polar surface area (TPSA) is 56.7 Å². The molecule has 2 N–H and O–H groups in total. The fourth-order valence-corrected chi connectivity index (χ4v) is 2.73. The number of hydrogen-bond acceptors (Lipinski definition) is 2. The van der Waals surface area contributed by atoms with Crippen molar-refractivity contribution in [3.63, 3.8) is 0 Å². The van der Waals surface area contributed by atoms with Crippen LogP contribution in [0.5, 0.6) is 0 Å². The van der Waals surface area contributed by atoms with Crippen LogP contribution in [0.15, 0.2) is 35.3 Å². The van der Waals surface area contributed by atoms with Crippen LogP contribution in [0, 0.1) is 5.92 Å². The van der Waals surface area contributed by atoms with E-state index in [2.05, 4.69) is 27.4 Å². The zero-order valence-corrected chi connectivity index (χ0v) is 17.0. The minimum absolute atomic E-state index is 0. The third kappa shape index (κ3) is 7.07. The first kappa shape index (κ1) is 20.7. The van der Waals surface area contributed by atoms with Crippen LogP contribution in [0.3, 0.4) is 0 Å². The van der Waals surface area contributed by atoms with Gasteiger partial charge < -0.3 is 15.5 Å². The number of hydrogen-bond donors (Lipinski definition) is 2. The summed E-state index contributed by atoms with van der Waals surface area (Å²) in [7, 11) is 1.80. The first-order chi connectivity index (χ1) is 11.2. The Kier molecular flexibility index (Phi) is 9.75. The van der Waals surface area contributed by atoms with Crippen molar-refractivity contribution < 1.29 is 4.79 Å². The van der Waals surface area contributed by atoms with Crippen molar-refractivity contribution >= 4 is 35.8 Å². The Morgan fingerprint density at radius 2 is 1.88 bits per heavy atom. The Morgan fingerprint density at radius 3 is 2.50 bits per heavy atom. The first-order valence-corrected chi connectivity index (χ1v) is 8.45. The van der Waals surface area contributed by atoms with E-state index in [0.717, 1.165) is 30.5 Å². The summed E-state index contributed by atoms with van der Waals surface area (Å²) in [6, 6.07) is 9.96. The summed E-state index contributed by atoms with van der Waals surface area (Å²) in [5.41, 5.74) is 1.12. The Bertz CT molecular complexity index is 513. The van der Waals surface area contributed by atoms with Gasteiger partial charge in [0.1, 0.15) is 0 Å². The molecule has 6 heteroatoms. The summed E-state index contributed by atoms with van der Waals surface area (Å²) in [4.78, 5) is 18.5. The van der Waals surface area contributed by atoms with E-state index in [1.165, 1.54) is 12.8 Å². The molecule has 1 aliphatic heterocycles. The number of carbonyl (C=O) groups excluding carboxylic acids is 1. The molecule has 1 aliphatic rings. The van der Waals surface area contributed by atoms with Crippen LogP contribution >= 0.6 is 24.0 Å². The van der Waals surface area contributed by atoms with Gasteiger partial charge in [-0.2, -0.15) is 0 Å². The largest absolute Gasteiger partial charge is 0.356 e. The molecule has 134 valence electrons. The lowest BCUT2D eigenvalue weighted by molar-refractivity contribution is -0.121. The van der Waals surface area contributed by atoms with Crippen molar-refractivity contribution in [1.82, 2.24) is 15.5 Å². The van der Waals surface area contributed by atoms with Crippen molar-refractivity contribution in [2.45, 2.75) is 32.7 Å². The number of nitrogens with one attached hydrogen (secondary N) is 2. The predicted octanol–water partition coefficient (Wildman–Crippen LogP) is 2.62. The molecule has 1 heterocycles. The molecule has 1 fully saturated rings. The van der Waals surface area contributed by atoms with Crippen LogP contribution in [-0.2, 0) is 11.3 Å². The van der Waals surface area contributed by atoms with Gasteiger partial charge in [-0.15, -0.1) is 24.0 Å². The average Bonchev–Trinajstić information content (AvgIpc) is 2.59. The van der Waals surface area contributed by atoms with E-state index >= 15 is 0 Å². The van der Waals surface area contributed by atoms with Crippen LogP contribution in [0.2, 0.25) is 0 Å². The quantitative estimate of drug-likeness (QED) is 0.417. The molecule has 1 aromatic rings. The van der Waals surface area contributed by atoms with E-state index in [1.807, 2.05) is 30.3 Å². The molecule has 24 heavy (non-hydrogen) atoms. The maximum atomic E-state index is 11.9. The van der Waals surface area contributed by atoms with Crippen LogP contribution < -0.4 is 10.6 Å². The van der Waals surface area contributed by atoms with Gasteiger partial charge in [0.2, 0.25) is 5.91 Å². The molecule has 0 radical (unpaired) electrons. The van der Waals surface area contributed by atoms with Gasteiger partial charge >= 0.3 is 0 Å². The zero-order valence-electron chi connectivity index (χ0n) is 14.6. The van der Waals surface area contributed by atoms with Crippen molar-refractivity contribution in [1.29, 1.82) is 0 Å². The number of piperidine rings is 1. The van der Waals surface area contributed by atoms with Crippen LogP contribution in [0.4, 0.5) is 0 Å². The number of aliphatic imine (C=N–C) groups is 1. The molecule has 0 aliphatic carbocycles. The molecular weight excluding hydrogens is 415 g/mol. The van der Waals surface area contributed by atoms with Gasteiger partial charge in [0.25, 0.3) is 0 Å². The average molecular weight is 444 g/mol. The minimum Gasteiger partial charge on any atom is -0.356 e. The monoisotopic (exact) mass is 444 g/mol. The van der Waals surface area contributed by atoms with E-state index in [0.29, 0.717) is 19.5 Å². The van der Waals surface area contributed by atoms with E-state index < -0.39 is 0 Å². The second-order valence-corrected chi connectivity index (χ2v) is 6.16. The van der Waals surface area contributed by atoms with Crippen molar-refractivity contribution in [2.75, 3.05) is 26.7 Å². The molecule has 0 bridgehead atoms. The smallest absolute Gasteiger partial charge is 0.222 e. The molecule has 0 saturated carbocycles. The minimum atomic E-state index is 0. The molecule has 1 saturated heterocycles. The highest BCUT2D eigenvalue weighted by Crippen LogP contribution is 2.15. The maximum absolute atomic E-state index is 11.9. The SMILES string of the molecule is CN=C(NCCC(=O)NCc1ccccc1)N1CCC(C)CC1.I. The van der Waals surface area contributed by atoms with Gasteiger partial charge in [0, 0.05) is 39.6 Å². The number of halogens is 1. The Balaban J connectivity index is 0.00000288. The van der Waals surface area contributed by atoms with Gasteiger partial charge in [-0.3, -0.25) is 9.79 Å². The van der Waals surface area contributed by atoms with Crippen LogP contribution in [-0.4, -0.2) is 43.4 Å². The molecule has 0 atom stereocenters. The van der Waals surface area contributed by atoms with Crippen molar-refractivity contribution in [3.05, 3.63) is 35.9 Å². The molecule has 1 aromatic carbocycles. The highest BCUT2D eigenvalue weighted by molar-refractivity contribution is 14.0. The summed E-state index contributed by atoms with van der Waals surface area (Å²) in [5, 5.41) is 6.24. The summed E-state index contributed by atoms with van der Waals surface area (Å²) in [6.07, 6.45) is 2.87. The number of benzene rings is 1.